The molecule has 2 aromatic heterocycles. The maximum atomic E-state index is 13.8. The molecule has 10 heteroatoms. The highest BCUT2D eigenvalue weighted by molar-refractivity contribution is 5.65. The number of carboxylic acid groups (broad SMARTS) is 1. The Hall–Kier alpha value is -4.15. The molecule has 204 valence electrons. The molecule has 0 bridgehead atoms. The normalized spacial score (nSPS) is 19.6. The Labute approximate surface area is 224 Å². The fourth-order valence-electron chi connectivity index (χ4n) is 3.76. The molecule has 2 fully saturated rings. The average molecular weight is 541 g/mol. The molecule has 2 saturated heterocycles. The van der Waals surface area contributed by atoms with Crippen molar-refractivity contribution in [2.75, 3.05) is 26.2 Å². The van der Waals surface area contributed by atoms with Crippen molar-refractivity contribution in [1.29, 1.82) is 0 Å². The van der Waals surface area contributed by atoms with E-state index in [1.54, 1.807) is 18.2 Å². The van der Waals surface area contributed by atoms with E-state index in [1.807, 2.05) is 32.0 Å². The number of pyridine rings is 2. The molecule has 0 unspecified atom stereocenters. The summed E-state index contributed by atoms with van der Waals surface area (Å²) >= 11 is 0. The highest BCUT2D eigenvalue weighted by Gasteiger charge is 2.41. The van der Waals surface area contributed by atoms with Gasteiger partial charge in [0.15, 0.2) is 0 Å². The molecule has 2 aliphatic heterocycles. The first-order valence-electron chi connectivity index (χ1n) is 12.2. The van der Waals surface area contributed by atoms with Crippen molar-refractivity contribution < 1.29 is 27.5 Å². The van der Waals surface area contributed by atoms with E-state index >= 15 is 0 Å². The Morgan fingerprint density at radius 1 is 0.923 bits per heavy atom. The lowest BCUT2D eigenvalue weighted by Crippen LogP contribution is -2.46. The van der Waals surface area contributed by atoms with Crippen molar-refractivity contribution >= 4 is 6.09 Å². The van der Waals surface area contributed by atoms with E-state index in [9.17, 15) is 22.4 Å². The number of hydrogen-bond donors (Lipinski definition) is 2. The lowest BCUT2D eigenvalue weighted by molar-refractivity contribution is -0.0138. The van der Waals surface area contributed by atoms with Crippen molar-refractivity contribution in [2.45, 2.75) is 38.5 Å². The molecule has 0 aromatic carbocycles. The SMILES string of the molecule is Cc1cccc(C#C/C=C2\CCN(C(=O)O)CC2(F)F)n1.Cc1cccc(C#C/C=C2\CCNCC2(F)F)n1. The fraction of sp³-hybridized carbons (Fsp3) is 0.345. The monoisotopic (exact) mass is 540 g/mol. The Bertz CT molecular complexity index is 1380. The Morgan fingerprint density at radius 3 is 1.92 bits per heavy atom. The largest absolute Gasteiger partial charge is 0.465 e. The third-order valence-corrected chi connectivity index (χ3v) is 5.84. The van der Waals surface area contributed by atoms with Crippen LogP contribution >= 0.6 is 0 Å². The molecule has 4 heterocycles. The molecule has 0 spiro atoms. The standard InChI is InChI=1S/C15H14F2N2O2.C14H14F2N2/c1-11-4-2-6-13(18-11)7-3-5-12-8-9-19(14(20)21)10-15(12,16)17;1-11-4-2-6-13(18-11)7-3-5-12-8-9-17-10-14(12,15)16/h2,4-6H,8-10H2,1H3,(H,20,21);2,4-6,17H,8-10H2,1H3/b2*12-5+. The van der Waals surface area contributed by atoms with Crippen molar-refractivity contribution in [3.63, 3.8) is 0 Å². The summed E-state index contributed by atoms with van der Waals surface area (Å²) in [6.07, 6.45) is 1.48. The number of rotatable bonds is 0. The molecule has 0 aliphatic carbocycles. The van der Waals surface area contributed by atoms with Gasteiger partial charge in [0.25, 0.3) is 11.8 Å². The van der Waals surface area contributed by atoms with E-state index in [0.29, 0.717) is 29.3 Å². The number of amides is 1. The minimum Gasteiger partial charge on any atom is -0.465 e. The van der Waals surface area contributed by atoms with Crippen LogP contribution in [0.25, 0.3) is 0 Å². The molecule has 0 saturated carbocycles. The lowest BCUT2D eigenvalue weighted by atomic mass is 10.00. The molecule has 6 nitrogen and oxygen atoms in total. The van der Waals surface area contributed by atoms with Crippen LogP contribution in [0.1, 0.15) is 35.6 Å². The number of piperidine rings is 2. The predicted molar refractivity (Wildman–Crippen MR) is 139 cm³/mol. The maximum absolute atomic E-state index is 13.8. The summed E-state index contributed by atoms with van der Waals surface area (Å²) in [5.74, 6) is 4.77. The molecule has 2 aromatic rings. The van der Waals surface area contributed by atoms with E-state index < -0.39 is 24.5 Å². The summed E-state index contributed by atoms with van der Waals surface area (Å²) in [6, 6.07) is 10.8. The van der Waals surface area contributed by atoms with Gasteiger partial charge in [0, 0.05) is 29.1 Å². The molecular weight excluding hydrogens is 512 g/mol. The number of nitrogens with zero attached hydrogens (tertiary/aromatic N) is 3. The van der Waals surface area contributed by atoms with Gasteiger partial charge >= 0.3 is 6.09 Å². The van der Waals surface area contributed by atoms with Crippen molar-refractivity contribution in [1.82, 2.24) is 20.2 Å². The third-order valence-electron chi connectivity index (χ3n) is 5.84. The van der Waals surface area contributed by atoms with E-state index in [-0.39, 0.29) is 30.7 Å². The van der Waals surface area contributed by atoms with Crippen LogP contribution in [-0.2, 0) is 0 Å². The van der Waals surface area contributed by atoms with Crippen LogP contribution in [0, 0.1) is 37.5 Å². The molecule has 39 heavy (non-hydrogen) atoms. The average Bonchev–Trinajstić information content (AvgIpc) is 2.86. The zero-order chi connectivity index (χ0) is 28.5. The number of aromatic nitrogens is 2. The first kappa shape index (κ1) is 29.4. The zero-order valence-electron chi connectivity index (χ0n) is 21.6. The first-order valence-corrected chi connectivity index (χ1v) is 12.2. The van der Waals surface area contributed by atoms with Crippen molar-refractivity contribution in [2.24, 2.45) is 0 Å². The van der Waals surface area contributed by atoms with Gasteiger partial charge < -0.3 is 15.3 Å². The van der Waals surface area contributed by atoms with Gasteiger partial charge in [0.1, 0.15) is 11.4 Å². The number of nitrogens with one attached hydrogen (secondary N) is 1. The fourth-order valence-corrected chi connectivity index (χ4v) is 3.76. The second-order valence-electron chi connectivity index (χ2n) is 9.00. The molecule has 1 amide bonds. The second kappa shape index (κ2) is 13.1. The number of halogens is 4. The van der Waals surface area contributed by atoms with Crippen LogP contribution in [0.4, 0.5) is 22.4 Å². The number of alkyl halides is 4. The smallest absolute Gasteiger partial charge is 0.407 e. The Kier molecular flexibility index (Phi) is 9.86. The highest BCUT2D eigenvalue weighted by atomic mass is 19.3. The van der Waals surface area contributed by atoms with Crippen LogP contribution in [0.3, 0.4) is 0 Å². The molecule has 0 atom stereocenters. The van der Waals surface area contributed by atoms with Gasteiger partial charge in [-0.3, -0.25) is 0 Å². The van der Waals surface area contributed by atoms with Gasteiger partial charge in [0.05, 0.1) is 13.1 Å². The Morgan fingerprint density at radius 2 is 1.46 bits per heavy atom. The predicted octanol–water partition coefficient (Wildman–Crippen LogP) is 4.98. The summed E-state index contributed by atoms with van der Waals surface area (Å²) < 4.78 is 54.5. The topological polar surface area (TPSA) is 78.4 Å². The van der Waals surface area contributed by atoms with Gasteiger partial charge in [0.2, 0.25) is 0 Å². The van der Waals surface area contributed by atoms with E-state index in [4.69, 9.17) is 5.11 Å². The summed E-state index contributed by atoms with van der Waals surface area (Å²) in [5, 5.41) is 11.4. The zero-order valence-corrected chi connectivity index (χ0v) is 21.6. The summed E-state index contributed by atoms with van der Waals surface area (Å²) in [5.41, 5.74) is 2.74. The first-order chi connectivity index (χ1) is 18.5. The molecule has 0 radical (unpaired) electrons. The Balaban J connectivity index is 0.000000218. The number of likely N-dealkylation sites (tertiary alicyclic amines) is 1. The van der Waals surface area contributed by atoms with Crippen LogP contribution < -0.4 is 5.32 Å². The van der Waals surface area contributed by atoms with Gasteiger partial charge in [-0.05, 0) is 81.5 Å². The second-order valence-corrected chi connectivity index (χ2v) is 9.00. The van der Waals surface area contributed by atoms with Crippen molar-refractivity contribution in [3.05, 3.63) is 82.5 Å². The minimum atomic E-state index is -3.18. The van der Waals surface area contributed by atoms with Gasteiger partial charge in [-0.15, -0.1) is 0 Å². The molecular formula is C29H28F4N4O2. The third kappa shape index (κ3) is 8.98. The number of hydrogen-bond acceptors (Lipinski definition) is 4. The van der Waals surface area contributed by atoms with Gasteiger partial charge in [-0.25, -0.2) is 23.5 Å². The van der Waals surface area contributed by atoms with Crippen LogP contribution in [0.15, 0.2) is 59.7 Å². The summed E-state index contributed by atoms with van der Waals surface area (Å²) in [6.45, 7) is 3.19. The molecule has 2 aliphatic rings. The van der Waals surface area contributed by atoms with E-state index in [0.717, 1.165) is 11.4 Å². The van der Waals surface area contributed by atoms with Gasteiger partial charge in [-0.1, -0.05) is 24.0 Å². The minimum absolute atomic E-state index is 0.0186. The summed E-state index contributed by atoms with van der Waals surface area (Å²) in [4.78, 5) is 19.8. The molecule has 4 rings (SSSR count). The number of aryl methyl sites for hydroxylation is 2. The molecule has 2 N–H and O–H groups in total. The lowest BCUT2D eigenvalue weighted by Gasteiger charge is -2.32. The van der Waals surface area contributed by atoms with Crippen LogP contribution in [0.2, 0.25) is 0 Å². The highest BCUT2D eigenvalue weighted by Crippen LogP contribution is 2.32. The van der Waals surface area contributed by atoms with Gasteiger partial charge in [-0.2, -0.15) is 8.78 Å². The number of allylic oxidation sites excluding steroid dienone is 2. The van der Waals surface area contributed by atoms with Crippen molar-refractivity contribution in [3.8, 4) is 23.7 Å². The van der Waals surface area contributed by atoms with E-state index in [1.165, 1.54) is 12.2 Å². The van der Waals surface area contributed by atoms with Crippen LogP contribution in [0.5, 0.6) is 0 Å². The summed E-state index contributed by atoms with van der Waals surface area (Å²) in [7, 11) is 0. The van der Waals surface area contributed by atoms with E-state index in [2.05, 4.69) is 39.0 Å². The quantitative estimate of drug-likeness (QED) is 0.364. The van der Waals surface area contributed by atoms with Crippen LogP contribution in [-0.4, -0.2) is 64.1 Å². The maximum Gasteiger partial charge on any atom is 0.407 e. The number of carbonyl (C=O) groups is 1.